The first-order valence-corrected chi connectivity index (χ1v) is 14.7. The van der Waals surface area contributed by atoms with E-state index in [1.807, 2.05) is 121 Å². The molecule has 226 valence electrons. The maximum Gasteiger partial charge on any atom is 0.410 e. The van der Waals surface area contributed by atoms with Crippen molar-refractivity contribution in [2.24, 2.45) is 5.11 Å². The Balaban J connectivity index is 1.43. The monoisotopic (exact) mass is 592 g/mol. The summed E-state index contributed by atoms with van der Waals surface area (Å²) < 4.78 is 25.0. The average Bonchev–Trinajstić information content (AvgIpc) is 3.08. The van der Waals surface area contributed by atoms with Crippen molar-refractivity contribution in [3.8, 4) is 0 Å². The molecule has 4 aromatic carbocycles. The molecule has 4 atom stereocenters. The van der Waals surface area contributed by atoms with Gasteiger partial charge in [0.25, 0.3) is 0 Å². The third-order valence-electron chi connectivity index (χ3n) is 7.48. The van der Waals surface area contributed by atoms with Gasteiger partial charge in [0.1, 0.15) is 12.7 Å². The zero-order valence-electron chi connectivity index (χ0n) is 24.4. The van der Waals surface area contributed by atoms with Crippen molar-refractivity contribution in [3.63, 3.8) is 0 Å². The highest BCUT2D eigenvalue weighted by atomic mass is 16.6. The minimum absolute atomic E-state index is 0.0850. The maximum atomic E-state index is 13.7. The van der Waals surface area contributed by atoms with E-state index in [0.29, 0.717) is 6.61 Å². The Labute approximate surface area is 257 Å². The Morgan fingerprint density at radius 3 is 1.64 bits per heavy atom. The lowest BCUT2D eigenvalue weighted by molar-refractivity contribution is -0.158. The number of nitrogens with zero attached hydrogens (tertiary/aromatic N) is 4. The summed E-state index contributed by atoms with van der Waals surface area (Å²) in [5.74, 6) is 0. The summed E-state index contributed by atoms with van der Waals surface area (Å²) in [5, 5.41) is 4.08. The number of hydrogen-bond acceptors (Lipinski definition) is 6. The Morgan fingerprint density at radius 2 is 1.14 bits per heavy atom. The molecule has 0 aromatic heterocycles. The molecule has 1 heterocycles. The fourth-order valence-electron chi connectivity index (χ4n) is 5.24. The number of azide groups is 1. The van der Waals surface area contributed by atoms with Crippen LogP contribution in [0.1, 0.15) is 22.3 Å². The van der Waals surface area contributed by atoms with Crippen LogP contribution < -0.4 is 0 Å². The highest BCUT2D eigenvalue weighted by Crippen LogP contribution is 2.29. The van der Waals surface area contributed by atoms with Gasteiger partial charge in [-0.15, -0.1) is 0 Å². The number of carbonyl (C=O) groups is 1. The predicted octanol–water partition coefficient (Wildman–Crippen LogP) is 7.07. The average molecular weight is 593 g/mol. The molecule has 1 aliphatic rings. The Morgan fingerprint density at radius 1 is 0.682 bits per heavy atom. The largest absolute Gasteiger partial charge is 0.445 e. The molecule has 4 aromatic rings. The van der Waals surface area contributed by atoms with Gasteiger partial charge in [0.05, 0.1) is 44.6 Å². The zero-order valence-corrected chi connectivity index (χ0v) is 24.4. The highest BCUT2D eigenvalue weighted by Gasteiger charge is 2.47. The molecule has 9 heteroatoms. The molecule has 0 spiro atoms. The van der Waals surface area contributed by atoms with Crippen LogP contribution in [0.5, 0.6) is 0 Å². The second kappa shape index (κ2) is 16.3. The van der Waals surface area contributed by atoms with Crippen LogP contribution in [0.25, 0.3) is 10.4 Å². The molecule has 5 rings (SSSR count). The number of amides is 1. The Hall–Kier alpha value is -4.66. The van der Waals surface area contributed by atoms with Gasteiger partial charge in [-0.3, -0.25) is 4.90 Å². The van der Waals surface area contributed by atoms with Gasteiger partial charge in [0, 0.05) is 11.5 Å². The van der Waals surface area contributed by atoms with Crippen molar-refractivity contribution in [2.75, 3.05) is 13.2 Å². The normalized spacial score (nSPS) is 19.6. The topological polar surface area (TPSA) is 106 Å². The molecule has 9 nitrogen and oxygen atoms in total. The maximum absolute atomic E-state index is 13.7. The highest BCUT2D eigenvalue weighted by molar-refractivity contribution is 5.68. The van der Waals surface area contributed by atoms with Crippen molar-refractivity contribution >= 4 is 6.09 Å². The fraction of sp³-hybridized carbons (Fsp3) is 0.286. The smallest absolute Gasteiger partial charge is 0.410 e. The van der Waals surface area contributed by atoms with E-state index in [-0.39, 0.29) is 33.0 Å². The number of piperidine rings is 1. The first-order chi connectivity index (χ1) is 21.7. The van der Waals surface area contributed by atoms with Crippen LogP contribution in [-0.2, 0) is 45.4 Å². The second-order valence-electron chi connectivity index (χ2n) is 10.6. The quantitative estimate of drug-likeness (QED) is 0.0938. The lowest BCUT2D eigenvalue weighted by Gasteiger charge is -2.46. The van der Waals surface area contributed by atoms with Crippen LogP contribution >= 0.6 is 0 Å². The molecular weight excluding hydrogens is 556 g/mol. The summed E-state index contributed by atoms with van der Waals surface area (Å²) in [6.45, 7) is 1.24. The van der Waals surface area contributed by atoms with E-state index in [4.69, 9.17) is 18.9 Å². The lowest BCUT2D eigenvalue weighted by Crippen LogP contribution is -2.65. The van der Waals surface area contributed by atoms with E-state index in [2.05, 4.69) is 10.0 Å². The molecule has 0 N–H and O–H groups in total. The third-order valence-corrected chi connectivity index (χ3v) is 7.48. The minimum atomic E-state index is -0.723. The van der Waals surface area contributed by atoms with Crippen LogP contribution in [0.4, 0.5) is 4.79 Å². The van der Waals surface area contributed by atoms with E-state index >= 15 is 0 Å². The third kappa shape index (κ3) is 8.69. The summed E-state index contributed by atoms with van der Waals surface area (Å²) in [7, 11) is 0. The van der Waals surface area contributed by atoms with Gasteiger partial charge in [-0.05, 0) is 27.8 Å². The number of hydrogen-bond donors (Lipinski definition) is 0. The van der Waals surface area contributed by atoms with Crippen molar-refractivity contribution < 1.29 is 23.7 Å². The zero-order chi connectivity index (χ0) is 30.4. The molecule has 0 aliphatic carbocycles. The van der Waals surface area contributed by atoms with Crippen LogP contribution in [0, 0.1) is 0 Å². The molecule has 1 saturated heterocycles. The van der Waals surface area contributed by atoms with Gasteiger partial charge >= 0.3 is 6.09 Å². The Bertz CT molecular complexity index is 1470. The molecule has 0 radical (unpaired) electrons. The molecule has 0 saturated carbocycles. The molecule has 1 amide bonds. The number of likely N-dealkylation sites (tertiary alicyclic amines) is 1. The van der Waals surface area contributed by atoms with Crippen LogP contribution in [0.15, 0.2) is 126 Å². The summed E-state index contributed by atoms with van der Waals surface area (Å²) >= 11 is 0. The summed E-state index contributed by atoms with van der Waals surface area (Å²) in [4.78, 5) is 18.4. The summed E-state index contributed by atoms with van der Waals surface area (Å²) in [6, 6.07) is 37.6. The molecular formula is C35H36N4O5. The van der Waals surface area contributed by atoms with E-state index < -0.39 is 30.4 Å². The van der Waals surface area contributed by atoms with Crippen molar-refractivity contribution in [1.82, 2.24) is 4.90 Å². The molecule has 0 unspecified atom stereocenters. The minimum Gasteiger partial charge on any atom is -0.445 e. The first-order valence-electron chi connectivity index (χ1n) is 14.7. The van der Waals surface area contributed by atoms with Gasteiger partial charge < -0.3 is 18.9 Å². The standard InChI is InChI=1S/C35H36N4O5/c36-38-37-31-21-39(35(40)44-25-30-19-11-4-12-20-30)32(26-41-22-27-13-5-1-6-14-27)34(43-24-29-17-9-3-10-18-29)33(31)42-23-28-15-7-2-8-16-28/h1-20,31-34H,21-26H2/t31-,32+,33+,34+/m0/s1. The molecule has 44 heavy (non-hydrogen) atoms. The molecule has 1 fully saturated rings. The summed E-state index contributed by atoms with van der Waals surface area (Å²) in [6.07, 6.45) is -1.89. The van der Waals surface area contributed by atoms with Crippen LogP contribution in [-0.4, -0.2) is 48.4 Å². The summed E-state index contributed by atoms with van der Waals surface area (Å²) in [5.41, 5.74) is 13.3. The van der Waals surface area contributed by atoms with Gasteiger partial charge in [-0.25, -0.2) is 4.79 Å². The SMILES string of the molecule is [N-]=[N+]=N[C@H]1CN(C(=O)OCc2ccccc2)[C@H](COCc2ccccc2)[C@@H](OCc2ccccc2)[C@@H]1OCc1ccccc1. The Kier molecular flexibility index (Phi) is 11.4. The van der Waals surface area contributed by atoms with Gasteiger partial charge in [0.15, 0.2) is 0 Å². The van der Waals surface area contributed by atoms with E-state index in [1.54, 1.807) is 4.90 Å². The van der Waals surface area contributed by atoms with Crippen LogP contribution in [0.2, 0.25) is 0 Å². The van der Waals surface area contributed by atoms with Crippen LogP contribution in [0.3, 0.4) is 0 Å². The molecule has 0 bridgehead atoms. The number of carbonyl (C=O) groups excluding carboxylic acids is 1. The molecule has 1 aliphatic heterocycles. The van der Waals surface area contributed by atoms with Crippen molar-refractivity contribution in [3.05, 3.63) is 154 Å². The van der Waals surface area contributed by atoms with E-state index in [0.717, 1.165) is 22.3 Å². The number of benzene rings is 4. The van der Waals surface area contributed by atoms with Gasteiger partial charge in [0.2, 0.25) is 0 Å². The lowest BCUT2D eigenvalue weighted by atomic mass is 9.92. The van der Waals surface area contributed by atoms with E-state index in [9.17, 15) is 10.3 Å². The van der Waals surface area contributed by atoms with Crippen molar-refractivity contribution in [2.45, 2.75) is 50.7 Å². The van der Waals surface area contributed by atoms with Gasteiger partial charge in [-0.1, -0.05) is 126 Å². The number of rotatable bonds is 13. The van der Waals surface area contributed by atoms with E-state index in [1.165, 1.54) is 0 Å². The van der Waals surface area contributed by atoms with Gasteiger partial charge in [-0.2, -0.15) is 0 Å². The van der Waals surface area contributed by atoms with Crippen molar-refractivity contribution in [1.29, 1.82) is 0 Å². The predicted molar refractivity (Wildman–Crippen MR) is 166 cm³/mol. The fourth-order valence-corrected chi connectivity index (χ4v) is 5.24. The number of ether oxygens (including phenoxy) is 4. The second-order valence-corrected chi connectivity index (χ2v) is 10.6. The first kappa shape index (κ1) is 30.8.